The molecule has 218 valence electrons. The largest absolute Gasteiger partial charge is 0.309 e. The van der Waals surface area contributed by atoms with Gasteiger partial charge < -0.3 is 4.57 Å². The van der Waals surface area contributed by atoms with Crippen molar-refractivity contribution in [1.82, 2.24) is 4.57 Å². The lowest BCUT2D eigenvalue weighted by Gasteiger charge is -2.18. The molecular weight excluding hydrogens is 567 g/mol. The first-order chi connectivity index (χ1) is 23.3. The van der Waals surface area contributed by atoms with Crippen LogP contribution in [0.5, 0.6) is 0 Å². The maximum Gasteiger partial charge on any atom is 0.0541 e. The molecule has 0 aliphatic carbocycles. The molecule has 0 saturated heterocycles. The zero-order valence-corrected chi connectivity index (χ0v) is 25.7. The molecule has 10 rings (SSSR count). The van der Waals surface area contributed by atoms with E-state index in [1.807, 2.05) is 0 Å². The molecule has 0 bridgehead atoms. The van der Waals surface area contributed by atoms with E-state index in [9.17, 15) is 0 Å². The minimum atomic E-state index is 1.18. The smallest absolute Gasteiger partial charge is 0.0541 e. The van der Waals surface area contributed by atoms with Gasteiger partial charge in [-0.1, -0.05) is 140 Å². The van der Waals surface area contributed by atoms with Crippen molar-refractivity contribution in [2.45, 2.75) is 0 Å². The van der Waals surface area contributed by atoms with Gasteiger partial charge in [-0.15, -0.1) is 0 Å². The summed E-state index contributed by atoms with van der Waals surface area (Å²) in [5, 5.41) is 12.7. The summed E-state index contributed by atoms with van der Waals surface area (Å²) in [7, 11) is 0. The van der Waals surface area contributed by atoms with Gasteiger partial charge in [0.05, 0.1) is 11.0 Å². The number of fused-ring (bicyclic) bond motifs is 7. The van der Waals surface area contributed by atoms with Crippen LogP contribution in [0.15, 0.2) is 176 Å². The average molecular weight is 596 g/mol. The Morgan fingerprint density at radius 2 is 0.660 bits per heavy atom. The van der Waals surface area contributed by atoms with Crippen molar-refractivity contribution in [3.8, 4) is 27.9 Å². The number of hydrogen-bond acceptors (Lipinski definition) is 0. The molecule has 1 aromatic heterocycles. The van der Waals surface area contributed by atoms with E-state index < -0.39 is 0 Å². The topological polar surface area (TPSA) is 4.93 Å². The molecule has 0 N–H and O–H groups in total. The summed E-state index contributed by atoms with van der Waals surface area (Å²) in [5.41, 5.74) is 8.70. The van der Waals surface area contributed by atoms with Crippen LogP contribution in [0.25, 0.3) is 92.8 Å². The summed E-state index contributed by atoms with van der Waals surface area (Å²) in [6.07, 6.45) is 0. The van der Waals surface area contributed by atoms with Gasteiger partial charge in [-0.3, -0.25) is 0 Å². The molecule has 47 heavy (non-hydrogen) atoms. The second kappa shape index (κ2) is 10.2. The predicted octanol–water partition coefficient (Wildman–Crippen LogP) is 12.7. The van der Waals surface area contributed by atoms with Crippen molar-refractivity contribution in [3.63, 3.8) is 0 Å². The second-order valence-electron chi connectivity index (χ2n) is 12.5. The van der Waals surface area contributed by atoms with E-state index >= 15 is 0 Å². The first-order valence-corrected chi connectivity index (χ1v) is 16.3. The highest BCUT2D eigenvalue weighted by Gasteiger charge is 2.17. The third kappa shape index (κ3) is 3.97. The number of hydrogen-bond donors (Lipinski definition) is 0. The number of benzene rings is 9. The Morgan fingerprint density at radius 3 is 1.21 bits per heavy atom. The van der Waals surface area contributed by atoms with Gasteiger partial charge in [-0.05, 0) is 102 Å². The summed E-state index contributed by atoms with van der Waals surface area (Å²) in [6, 6.07) is 64.6. The first kappa shape index (κ1) is 26.1. The molecule has 0 saturated carbocycles. The highest BCUT2D eigenvalue weighted by molar-refractivity contribution is 6.22. The molecule has 1 nitrogen and oxygen atoms in total. The van der Waals surface area contributed by atoms with Crippen LogP contribution in [0.1, 0.15) is 0 Å². The predicted molar refractivity (Wildman–Crippen MR) is 202 cm³/mol. The van der Waals surface area contributed by atoms with Crippen molar-refractivity contribution < 1.29 is 0 Å². The number of rotatable bonds is 3. The summed E-state index contributed by atoms with van der Waals surface area (Å²) < 4.78 is 2.39. The van der Waals surface area contributed by atoms with Gasteiger partial charge in [0.2, 0.25) is 0 Å². The minimum absolute atomic E-state index is 1.18. The zero-order chi connectivity index (χ0) is 30.9. The lowest BCUT2D eigenvalue weighted by molar-refractivity contribution is 1.19. The van der Waals surface area contributed by atoms with Crippen LogP contribution >= 0.6 is 0 Å². The van der Waals surface area contributed by atoms with Crippen LogP contribution in [0.3, 0.4) is 0 Å². The number of nitrogens with zero attached hydrogens (tertiary/aromatic N) is 1. The zero-order valence-electron chi connectivity index (χ0n) is 25.7. The van der Waals surface area contributed by atoms with E-state index in [1.54, 1.807) is 0 Å². The second-order valence-corrected chi connectivity index (χ2v) is 12.5. The van der Waals surface area contributed by atoms with Crippen molar-refractivity contribution in [2.75, 3.05) is 0 Å². The standard InChI is InChI=1S/C46H29N/c1-2-12-31-27-34(23-21-30(31)11-1)45-39-15-3-5-17-41(39)46(42-18-6-4-16-40(42)45)35-24-22-33-29-36(26-25-32(33)28-35)47-43-19-9-7-13-37(43)38-14-8-10-20-44(38)47/h1-29H. The highest BCUT2D eigenvalue weighted by atomic mass is 15.0. The molecular formula is C46H29N. The molecule has 0 atom stereocenters. The fourth-order valence-corrected chi connectivity index (χ4v) is 7.82. The van der Waals surface area contributed by atoms with Crippen LogP contribution in [-0.2, 0) is 0 Å². The molecule has 10 aromatic rings. The lowest BCUT2D eigenvalue weighted by atomic mass is 9.85. The lowest BCUT2D eigenvalue weighted by Crippen LogP contribution is -1.94. The summed E-state index contributed by atoms with van der Waals surface area (Å²) in [5.74, 6) is 0. The molecule has 0 radical (unpaired) electrons. The molecule has 0 unspecified atom stereocenters. The maximum atomic E-state index is 2.39. The third-order valence-electron chi connectivity index (χ3n) is 9.92. The monoisotopic (exact) mass is 595 g/mol. The summed E-state index contributed by atoms with van der Waals surface area (Å²) in [6.45, 7) is 0. The first-order valence-electron chi connectivity index (χ1n) is 16.3. The molecule has 0 amide bonds. The van der Waals surface area contributed by atoms with Gasteiger partial charge in [0.1, 0.15) is 0 Å². The van der Waals surface area contributed by atoms with Crippen molar-refractivity contribution in [2.24, 2.45) is 0 Å². The quantitative estimate of drug-likeness (QED) is 0.179. The van der Waals surface area contributed by atoms with Gasteiger partial charge in [-0.25, -0.2) is 0 Å². The third-order valence-corrected chi connectivity index (χ3v) is 9.92. The SMILES string of the molecule is c1ccc2cc(-c3c4ccccc4c(-c4ccc5cc(-n6c7ccccc7c7ccccc76)ccc5c4)c4ccccc34)ccc2c1. The van der Waals surface area contributed by atoms with E-state index in [1.165, 1.54) is 92.8 Å². The van der Waals surface area contributed by atoms with Gasteiger partial charge in [0, 0.05) is 16.5 Å². The summed E-state index contributed by atoms with van der Waals surface area (Å²) >= 11 is 0. The van der Waals surface area contributed by atoms with Crippen LogP contribution in [0.4, 0.5) is 0 Å². The molecule has 0 aliphatic heterocycles. The fraction of sp³-hybridized carbons (Fsp3) is 0. The van der Waals surface area contributed by atoms with Crippen LogP contribution in [-0.4, -0.2) is 4.57 Å². The Morgan fingerprint density at radius 1 is 0.277 bits per heavy atom. The Labute approximate surface area is 272 Å². The van der Waals surface area contributed by atoms with Crippen LogP contribution in [0.2, 0.25) is 0 Å². The van der Waals surface area contributed by atoms with Gasteiger partial charge in [0.15, 0.2) is 0 Å². The van der Waals surface area contributed by atoms with Gasteiger partial charge in [0.25, 0.3) is 0 Å². The van der Waals surface area contributed by atoms with Gasteiger partial charge >= 0.3 is 0 Å². The van der Waals surface area contributed by atoms with E-state index in [4.69, 9.17) is 0 Å². The van der Waals surface area contributed by atoms with E-state index in [2.05, 4.69) is 180 Å². The number of para-hydroxylation sites is 2. The Bertz CT molecular complexity index is 2740. The molecule has 9 aromatic carbocycles. The molecule has 1 heteroatoms. The molecule has 0 aliphatic rings. The van der Waals surface area contributed by atoms with Crippen LogP contribution in [0, 0.1) is 0 Å². The van der Waals surface area contributed by atoms with E-state index in [0.717, 1.165) is 0 Å². The number of aromatic nitrogens is 1. The fourth-order valence-electron chi connectivity index (χ4n) is 7.82. The van der Waals surface area contributed by atoms with Crippen LogP contribution < -0.4 is 0 Å². The Balaban J connectivity index is 1.18. The average Bonchev–Trinajstić information content (AvgIpc) is 3.47. The molecule has 1 heterocycles. The maximum absolute atomic E-state index is 2.39. The summed E-state index contributed by atoms with van der Waals surface area (Å²) in [4.78, 5) is 0. The molecule has 0 spiro atoms. The minimum Gasteiger partial charge on any atom is -0.309 e. The van der Waals surface area contributed by atoms with Gasteiger partial charge in [-0.2, -0.15) is 0 Å². The molecule has 0 fully saturated rings. The van der Waals surface area contributed by atoms with Crippen molar-refractivity contribution in [3.05, 3.63) is 176 Å². The van der Waals surface area contributed by atoms with Crippen molar-refractivity contribution >= 4 is 64.9 Å². The Hall–Kier alpha value is -6.18. The normalized spacial score (nSPS) is 11.8. The van der Waals surface area contributed by atoms with E-state index in [-0.39, 0.29) is 0 Å². The van der Waals surface area contributed by atoms with Crippen molar-refractivity contribution in [1.29, 1.82) is 0 Å². The highest BCUT2D eigenvalue weighted by Crippen LogP contribution is 2.44. The van der Waals surface area contributed by atoms with E-state index in [0.29, 0.717) is 0 Å². The Kier molecular flexibility index (Phi) is 5.64.